The number of hydrogen-bond donors (Lipinski definition) is 1. The van der Waals surface area contributed by atoms with Gasteiger partial charge in [-0.05, 0) is 46.0 Å². The number of likely N-dealkylation sites (N-methyl/N-ethyl adjacent to an activating group) is 1. The maximum Gasteiger partial charge on any atom is 0.146 e. The van der Waals surface area contributed by atoms with Gasteiger partial charge in [-0.15, -0.1) is 0 Å². The second kappa shape index (κ2) is 5.47. The van der Waals surface area contributed by atoms with Crippen LogP contribution in [0.5, 0.6) is 0 Å². The second-order valence-corrected chi connectivity index (χ2v) is 6.06. The number of hydrogen-bond acceptors (Lipinski definition) is 3. The minimum atomic E-state index is -0.151. The van der Waals surface area contributed by atoms with E-state index in [9.17, 15) is 4.39 Å². The van der Waals surface area contributed by atoms with E-state index < -0.39 is 0 Å². The van der Waals surface area contributed by atoms with Crippen molar-refractivity contribution in [1.29, 1.82) is 0 Å². The van der Waals surface area contributed by atoms with Crippen molar-refractivity contribution in [1.82, 2.24) is 4.90 Å². The highest BCUT2D eigenvalue weighted by Gasteiger charge is 2.39. The molecule has 2 N–H and O–H groups in total. The normalized spacial score (nSPS) is 23.6. The van der Waals surface area contributed by atoms with E-state index in [4.69, 9.17) is 5.73 Å². The van der Waals surface area contributed by atoms with Gasteiger partial charge in [0, 0.05) is 24.7 Å². The summed E-state index contributed by atoms with van der Waals surface area (Å²) in [5, 5.41) is 0. The van der Waals surface area contributed by atoms with Crippen LogP contribution in [0.2, 0.25) is 0 Å². The Morgan fingerprint density at radius 2 is 2.05 bits per heavy atom. The van der Waals surface area contributed by atoms with Crippen molar-refractivity contribution < 1.29 is 4.39 Å². The minimum Gasteiger partial charge on any atom is -0.358 e. The maximum absolute atomic E-state index is 14.1. The van der Waals surface area contributed by atoms with Gasteiger partial charge in [-0.1, -0.05) is 12.1 Å². The fourth-order valence-electron chi connectivity index (χ4n) is 3.32. The molecule has 1 aromatic rings. The standard InChI is InChI=1S/C15H24FN3/c1-15(2)11-18(3)10-12(8-9-17)19(15)14-7-5-4-6-13(14)16/h4-7,12H,8-11,17H2,1-3H3. The predicted octanol–water partition coefficient (Wildman–Crippen LogP) is 2.07. The summed E-state index contributed by atoms with van der Waals surface area (Å²) in [6.07, 6.45) is 0.877. The summed E-state index contributed by atoms with van der Waals surface area (Å²) in [6.45, 7) is 6.80. The lowest BCUT2D eigenvalue weighted by molar-refractivity contribution is 0.175. The zero-order valence-electron chi connectivity index (χ0n) is 12.1. The number of piperazine rings is 1. The summed E-state index contributed by atoms with van der Waals surface area (Å²) in [7, 11) is 2.12. The minimum absolute atomic E-state index is 0.102. The van der Waals surface area contributed by atoms with Gasteiger partial charge in [0.1, 0.15) is 5.82 Å². The van der Waals surface area contributed by atoms with Gasteiger partial charge in [0.2, 0.25) is 0 Å². The van der Waals surface area contributed by atoms with Crippen LogP contribution in [-0.4, -0.2) is 43.2 Å². The lowest BCUT2D eigenvalue weighted by Crippen LogP contribution is -2.64. The van der Waals surface area contributed by atoms with Gasteiger partial charge in [0.25, 0.3) is 0 Å². The Kier molecular flexibility index (Phi) is 4.11. The molecule has 0 bridgehead atoms. The number of nitrogens with two attached hydrogens (primary N) is 1. The molecule has 19 heavy (non-hydrogen) atoms. The van der Waals surface area contributed by atoms with Crippen LogP contribution >= 0.6 is 0 Å². The molecule has 0 amide bonds. The SMILES string of the molecule is CN1CC(CCN)N(c2ccccc2F)C(C)(C)C1. The largest absolute Gasteiger partial charge is 0.358 e. The molecule has 106 valence electrons. The molecule has 1 saturated heterocycles. The van der Waals surface area contributed by atoms with E-state index in [0.717, 1.165) is 19.5 Å². The van der Waals surface area contributed by atoms with Crippen LogP contribution < -0.4 is 10.6 Å². The molecule has 0 aliphatic carbocycles. The van der Waals surface area contributed by atoms with Crippen molar-refractivity contribution in [2.24, 2.45) is 5.73 Å². The van der Waals surface area contributed by atoms with Crippen LogP contribution in [0.25, 0.3) is 0 Å². The first-order chi connectivity index (χ1) is 8.95. The number of para-hydroxylation sites is 1. The topological polar surface area (TPSA) is 32.5 Å². The summed E-state index contributed by atoms with van der Waals surface area (Å²) < 4.78 is 14.1. The number of benzene rings is 1. The number of rotatable bonds is 3. The molecule has 0 aromatic heterocycles. The van der Waals surface area contributed by atoms with Crippen molar-refractivity contribution >= 4 is 5.69 Å². The lowest BCUT2D eigenvalue weighted by atomic mass is 9.92. The Hall–Kier alpha value is -1.13. The number of anilines is 1. The molecule has 1 atom stereocenters. The van der Waals surface area contributed by atoms with Crippen LogP contribution in [0.4, 0.5) is 10.1 Å². The van der Waals surface area contributed by atoms with Gasteiger partial charge < -0.3 is 15.5 Å². The molecule has 0 spiro atoms. The van der Waals surface area contributed by atoms with Crippen molar-refractivity contribution in [2.75, 3.05) is 31.6 Å². The smallest absolute Gasteiger partial charge is 0.146 e. The third kappa shape index (κ3) is 2.90. The summed E-state index contributed by atoms with van der Waals surface area (Å²) in [4.78, 5) is 4.52. The highest BCUT2D eigenvalue weighted by molar-refractivity contribution is 5.52. The molecule has 2 rings (SSSR count). The van der Waals surface area contributed by atoms with Gasteiger partial charge in [-0.25, -0.2) is 4.39 Å². The Bertz CT molecular complexity index is 433. The van der Waals surface area contributed by atoms with Gasteiger partial charge in [0.15, 0.2) is 0 Å². The van der Waals surface area contributed by atoms with E-state index >= 15 is 0 Å². The maximum atomic E-state index is 14.1. The third-order valence-electron chi connectivity index (χ3n) is 3.81. The van der Waals surface area contributed by atoms with Crippen molar-refractivity contribution in [3.8, 4) is 0 Å². The fraction of sp³-hybridized carbons (Fsp3) is 0.600. The van der Waals surface area contributed by atoms with Gasteiger partial charge in [-0.3, -0.25) is 0 Å². The molecule has 4 heteroatoms. The van der Waals surface area contributed by atoms with E-state index in [1.165, 1.54) is 6.07 Å². The average molecular weight is 265 g/mol. The third-order valence-corrected chi connectivity index (χ3v) is 3.81. The van der Waals surface area contributed by atoms with E-state index in [2.05, 4.69) is 30.7 Å². The van der Waals surface area contributed by atoms with Crippen molar-refractivity contribution in [2.45, 2.75) is 31.8 Å². The summed E-state index contributed by atoms with van der Waals surface area (Å²) >= 11 is 0. The Morgan fingerprint density at radius 3 is 2.68 bits per heavy atom. The molecular formula is C15H24FN3. The highest BCUT2D eigenvalue weighted by Crippen LogP contribution is 2.33. The summed E-state index contributed by atoms with van der Waals surface area (Å²) in [5.41, 5.74) is 6.32. The molecule has 0 radical (unpaired) electrons. The van der Waals surface area contributed by atoms with Gasteiger partial charge >= 0.3 is 0 Å². The van der Waals surface area contributed by atoms with Gasteiger partial charge in [-0.2, -0.15) is 0 Å². The quantitative estimate of drug-likeness (QED) is 0.908. The average Bonchev–Trinajstić information content (AvgIpc) is 2.29. The number of halogens is 1. The molecule has 1 heterocycles. The van der Waals surface area contributed by atoms with E-state index in [1.54, 1.807) is 6.07 Å². The molecule has 1 fully saturated rings. The Labute approximate surface area is 115 Å². The summed E-state index contributed by atoms with van der Waals surface area (Å²) in [6, 6.07) is 7.29. The highest BCUT2D eigenvalue weighted by atomic mass is 19.1. The molecule has 1 unspecified atom stereocenters. The summed E-state index contributed by atoms with van der Waals surface area (Å²) in [5.74, 6) is -0.151. The lowest BCUT2D eigenvalue weighted by Gasteiger charge is -2.52. The zero-order chi connectivity index (χ0) is 14.0. The van der Waals surface area contributed by atoms with Crippen LogP contribution in [-0.2, 0) is 0 Å². The molecule has 0 saturated carbocycles. The van der Waals surface area contributed by atoms with Crippen LogP contribution in [0.3, 0.4) is 0 Å². The van der Waals surface area contributed by atoms with E-state index in [0.29, 0.717) is 12.2 Å². The second-order valence-electron chi connectivity index (χ2n) is 6.06. The molecule has 1 aliphatic rings. The zero-order valence-corrected chi connectivity index (χ0v) is 12.1. The van der Waals surface area contributed by atoms with Crippen molar-refractivity contribution in [3.63, 3.8) is 0 Å². The predicted molar refractivity (Wildman–Crippen MR) is 77.9 cm³/mol. The van der Waals surface area contributed by atoms with Crippen LogP contribution in [0.15, 0.2) is 24.3 Å². The molecule has 1 aliphatic heterocycles. The van der Waals surface area contributed by atoms with Crippen LogP contribution in [0, 0.1) is 5.82 Å². The monoisotopic (exact) mass is 265 g/mol. The Morgan fingerprint density at radius 1 is 1.37 bits per heavy atom. The van der Waals surface area contributed by atoms with E-state index in [1.807, 2.05) is 12.1 Å². The number of nitrogens with zero attached hydrogens (tertiary/aromatic N) is 2. The van der Waals surface area contributed by atoms with Crippen molar-refractivity contribution in [3.05, 3.63) is 30.1 Å². The Balaban J connectivity index is 2.39. The first kappa shape index (κ1) is 14.3. The fourth-order valence-corrected chi connectivity index (χ4v) is 3.32. The first-order valence-electron chi connectivity index (χ1n) is 6.88. The molecule has 3 nitrogen and oxygen atoms in total. The molecule has 1 aromatic carbocycles. The first-order valence-corrected chi connectivity index (χ1v) is 6.88. The van der Waals surface area contributed by atoms with Crippen LogP contribution in [0.1, 0.15) is 20.3 Å². The van der Waals surface area contributed by atoms with Gasteiger partial charge in [0.05, 0.1) is 5.69 Å². The van der Waals surface area contributed by atoms with E-state index in [-0.39, 0.29) is 17.4 Å². The molecular weight excluding hydrogens is 241 g/mol.